The highest BCUT2D eigenvalue weighted by Gasteiger charge is 2.21. The average Bonchev–Trinajstić information content (AvgIpc) is 3.09. The van der Waals surface area contributed by atoms with E-state index < -0.39 is 0 Å². The summed E-state index contributed by atoms with van der Waals surface area (Å²) in [4.78, 5) is 33.4. The fourth-order valence-corrected chi connectivity index (χ4v) is 5.12. The molecule has 0 aliphatic rings. The summed E-state index contributed by atoms with van der Waals surface area (Å²) in [6.45, 7) is 12.2. The Morgan fingerprint density at radius 3 is 2.22 bits per heavy atom. The van der Waals surface area contributed by atoms with Crippen LogP contribution < -0.4 is 5.56 Å². The zero-order valence-corrected chi connectivity index (χ0v) is 20.3. The lowest BCUT2D eigenvalue weighted by Gasteiger charge is -2.12. The van der Waals surface area contributed by atoms with Crippen LogP contribution in [0, 0.1) is 34.6 Å². The van der Waals surface area contributed by atoms with Gasteiger partial charge in [0, 0.05) is 22.4 Å². The van der Waals surface area contributed by atoms with Crippen LogP contribution in [0.2, 0.25) is 0 Å². The van der Waals surface area contributed by atoms with Crippen LogP contribution in [-0.2, 0) is 13.0 Å². The molecule has 0 unspecified atom stereocenters. The van der Waals surface area contributed by atoms with E-state index in [1.54, 1.807) is 15.9 Å². The average molecular weight is 445 g/mol. The minimum absolute atomic E-state index is 0.00525. The number of nitrogens with zero attached hydrogens (tertiary/aromatic N) is 2. The quantitative estimate of drug-likeness (QED) is 0.349. The molecule has 0 N–H and O–H groups in total. The smallest absolute Gasteiger partial charge is 0.263 e. The number of aromatic nitrogens is 2. The Kier molecular flexibility index (Phi) is 5.87. The number of ketones is 1. The van der Waals surface area contributed by atoms with Gasteiger partial charge in [-0.3, -0.25) is 14.2 Å². The van der Waals surface area contributed by atoms with Gasteiger partial charge in [-0.05, 0) is 68.5 Å². The molecule has 4 nitrogen and oxygen atoms in total. The van der Waals surface area contributed by atoms with Gasteiger partial charge in [-0.15, -0.1) is 11.3 Å². The molecule has 0 fully saturated rings. The molecule has 0 amide bonds. The minimum atomic E-state index is -0.137. The van der Waals surface area contributed by atoms with Crippen molar-refractivity contribution in [3.63, 3.8) is 0 Å². The number of benzene rings is 2. The highest BCUT2D eigenvalue weighted by molar-refractivity contribution is 7.19. The summed E-state index contributed by atoms with van der Waals surface area (Å²) in [5.41, 5.74) is 7.05. The number of rotatable bonds is 5. The van der Waals surface area contributed by atoms with Crippen molar-refractivity contribution in [2.45, 2.75) is 54.5 Å². The third kappa shape index (κ3) is 3.82. The van der Waals surface area contributed by atoms with E-state index in [9.17, 15) is 9.59 Å². The molecule has 0 radical (unpaired) electrons. The van der Waals surface area contributed by atoms with E-state index in [1.165, 1.54) is 11.1 Å². The molecule has 164 valence electrons. The molecule has 0 saturated heterocycles. The molecule has 2 heterocycles. The minimum Gasteiger partial charge on any atom is -0.292 e. The molecular weight excluding hydrogens is 416 g/mol. The largest absolute Gasteiger partial charge is 0.292 e. The number of carbonyl (C=O) groups excluding carboxylic acids is 1. The van der Waals surface area contributed by atoms with E-state index in [2.05, 4.69) is 32.0 Å². The summed E-state index contributed by atoms with van der Waals surface area (Å²) in [5.74, 6) is 0.568. The third-order valence-corrected chi connectivity index (χ3v) is 7.31. The number of fused-ring (bicyclic) bond motifs is 1. The highest BCUT2D eigenvalue weighted by atomic mass is 32.1. The Balaban J connectivity index is 1.88. The molecule has 0 aliphatic heterocycles. The Labute approximate surface area is 192 Å². The fraction of sp³-hybridized carbons (Fsp3) is 0.296. The van der Waals surface area contributed by atoms with Crippen molar-refractivity contribution in [1.82, 2.24) is 9.55 Å². The van der Waals surface area contributed by atoms with E-state index in [0.29, 0.717) is 23.2 Å². The van der Waals surface area contributed by atoms with Gasteiger partial charge in [0.2, 0.25) is 0 Å². The van der Waals surface area contributed by atoms with Crippen molar-refractivity contribution in [1.29, 1.82) is 0 Å². The van der Waals surface area contributed by atoms with Gasteiger partial charge < -0.3 is 0 Å². The first-order chi connectivity index (χ1) is 15.2. The highest BCUT2D eigenvalue weighted by Crippen LogP contribution is 2.36. The van der Waals surface area contributed by atoms with Crippen LogP contribution >= 0.6 is 11.3 Å². The summed E-state index contributed by atoms with van der Waals surface area (Å²) in [7, 11) is 0. The molecule has 4 aromatic rings. The lowest BCUT2D eigenvalue weighted by molar-refractivity contribution is 0.0969. The van der Waals surface area contributed by atoms with Gasteiger partial charge in [0.25, 0.3) is 5.56 Å². The van der Waals surface area contributed by atoms with Gasteiger partial charge in [-0.1, -0.05) is 37.3 Å². The Bertz CT molecular complexity index is 1430. The van der Waals surface area contributed by atoms with Crippen LogP contribution in [0.1, 0.15) is 50.2 Å². The van der Waals surface area contributed by atoms with Gasteiger partial charge in [0.1, 0.15) is 10.7 Å². The zero-order chi connectivity index (χ0) is 23.2. The molecule has 0 spiro atoms. The van der Waals surface area contributed by atoms with Crippen LogP contribution in [0.4, 0.5) is 0 Å². The van der Waals surface area contributed by atoms with Crippen molar-refractivity contribution in [2.24, 2.45) is 0 Å². The third-order valence-electron chi connectivity index (χ3n) is 6.31. The van der Waals surface area contributed by atoms with Crippen LogP contribution in [0.3, 0.4) is 0 Å². The topological polar surface area (TPSA) is 52.0 Å². The van der Waals surface area contributed by atoms with Crippen molar-refractivity contribution >= 4 is 27.3 Å². The SMILES string of the molecule is CCc1nc2sc(C)c(-c3ccc(C)c(C)c3)c2c(=O)n1CC(=O)c1ccc(C)c(C)c1. The van der Waals surface area contributed by atoms with E-state index in [1.807, 2.05) is 45.9 Å². The first-order valence-electron chi connectivity index (χ1n) is 10.9. The van der Waals surface area contributed by atoms with E-state index >= 15 is 0 Å². The van der Waals surface area contributed by atoms with Gasteiger partial charge in [0.05, 0.1) is 11.9 Å². The fourth-order valence-electron chi connectivity index (χ4n) is 4.06. The van der Waals surface area contributed by atoms with E-state index in [-0.39, 0.29) is 17.9 Å². The normalized spacial score (nSPS) is 11.3. The molecule has 0 bridgehead atoms. The van der Waals surface area contributed by atoms with Gasteiger partial charge >= 0.3 is 0 Å². The molecule has 0 atom stereocenters. The predicted molar refractivity (Wildman–Crippen MR) is 133 cm³/mol. The maximum atomic E-state index is 13.7. The van der Waals surface area contributed by atoms with E-state index in [0.717, 1.165) is 32.0 Å². The summed E-state index contributed by atoms with van der Waals surface area (Å²) >= 11 is 1.55. The molecule has 2 aromatic heterocycles. The Morgan fingerprint density at radius 1 is 0.938 bits per heavy atom. The monoisotopic (exact) mass is 444 g/mol. The summed E-state index contributed by atoms with van der Waals surface area (Å²) in [6, 6.07) is 12.0. The van der Waals surface area contributed by atoms with E-state index in [4.69, 9.17) is 4.98 Å². The second-order valence-corrected chi connectivity index (χ2v) is 9.71. The van der Waals surface area contributed by atoms with Crippen molar-refractivity contribution in [3.05, 3.63) is 85.3 Å². The van der Waals surface area contributed by atoms with Crippen molar-refractivity contribution in [2.75, 3.05) is 0 Å². The number of aryl methyl sites for hydroxylation is 6. The number of carbonyl (C=O) groups is 1. The molecule has 2 aromatic carbocycles. The van der Waals surface area contributed by atoms with Gasteiger partial charge in [0.15, 0.2) is 5.78 Å². The molecule has 5 heteroatoms. The van der Waals surface area contributed by atoms with Crippen molar-refractivity contribution < 1.29 is 4.79 Å². The number of thiophene rings is 1. The van der Waals surface area contributed by atoms with Crippen LogP contribution in [0.15, 0.2) is 41.2 Å². The lowest BCUT2D eigenvalue weighted by atomic mass is 9.99. The molecule has 32 heavy (non-hydrogen) atoms. The molecule has 0 aliphatic carbocycles. The number of Topliss-reactive ketones (excluding diaryl/α,β-unsaturated/α-hetero) is 1. The zero-order valence-electron chi connectivity index (χ0n) is 19.5. The van der Waals surface area contributed by atoms with Crippen LogP contribution in [-0.4, -0.2) is 15.3 Å². The molecular formula is C27H28N2O2S. The maximum absolute atomic E-state index is 13.7. The second-order valence-electron chi connectivity index (χ2n) is 8.51. The van der Waals surface area contributed by atoms with Crippen molar-refractivity contribution in [3.8, 4) is 11.1 Å². The standard InChI is InChI=1S/C27H28N2O2S/c1-7-23-28-26-25(24(19(6)32-26)21-11-9-16(3)18(5)13-21)27(31)29(23)14-22(30)20-10-8-15(2)17(4)12-20/h8-13H,7,14H2,1-6H3. The number of hydrogen-bond donors (Lipinski definition) is 0. The van der Waals surface area contributed by atoms with Gasteiger partial charge in [-0.2, -0.15) is 0 Å². The predicted octanol–water partition coefficient (Wildman–Crippen LogP) is 6.11. The first kappa shape index (κ1) is 22.2. The summed E-state index contributed by atoms with van der Waals surface area (Å²) in [5, 5.41) is 0.612. The first-order valence-corrected chi connectivity index (χ1v) is 11.7. The Morgan fingerprint density at radius 2 is 1.59 bits per heavy atom. The molecule has 4 rings (SSSR count). The molecule has 0 saturated carbocycles. The maximum Gasteiger partial charge on any atom is 0.263 e. The Hall–Kier alpha value is -3.05. The second kappa shape index (κ2) is 8.47. The summed E-state index contributed by atoms with van der Waals surface area (Å²) in [6.07, 6.45) is 0.585. The van der Waals surface area contributed by atoms with Crippen LogP contribution in [0.5, 0.6) is 0 Å². The summed E-state index contributed by atoms with van der Waals surface area (Å²) < 4.78 is 1.57. The van der Waals surface area contributed by atoms with Crippen LogP contribution in [0.25, 0.3) is 21.3 Å². The van der Waals surface area contributed by atoms with Gasteiger partial charge in [-0.25, -0.2) is 4.98 Å². The lowest BCUT2D eigenvalue weighted by Crippen LogP contribution is -2.28. The number of hydrogen-bond acceptors (Lipinski definition) is 4.